The number of methoxy groups -OCH3 is 1. The second-order valence-electron chi connectivity index (χ2n) is 5.41. The van der Waals surface area contributed by atoms with Crippen LogP contribution in [0.1, 0.15) is 30.7 Å². The van der Waals surface area contributed by atoms with E-state index in [2.05, 4.69) is 4.74 Å². The molecule has 1 aromatic rings. The van der Waals surface area contributed by atoms with E-state index in [0.29, 0.717) is 19.4 Å². The molecule has 1 amide bonds. The summed E-state index contributed by atoms with van der Waals surface area (Å²) < 4.78 is 4.58. The summed E-state index contributed by atoms with van der Waals surface area (Å²) in [6, 6.07) is 7.68. The topological polar surface area (TPSA) is 46.6 Å². The van der Waals surface area contributed by atoms with Crippen molar-refractivity contribution in [1.82, 2.24) is 4.90 Å². The maximum atomic E-state index is 12.3. The molecule has 0 aromatic heterocycles. The van der Waals surface area contributed by atoms with Gasteiger partial charge < -0.3 is 9.64 Å². The van der Waals surface area contributed by atoms with E-state index in [1.807, 2.05) is 24.3 Å². The number of halogens is 1. The summed E-state index contributed by atoms with van der Waals surface area (Å²) in [4.78, 5) is 25.1. The monoisotopic (exact) mass is 309 g/mol. The molecule has 21 heavy (non-hydrogen) atoms. The predicted octanol–water partition coefficient (Wildman–Crippen LogP) is 2.86. The predicted molar refractivity (Wildman–Crippen MR) is 81.2 cm³/mol. The Balaban J connectivity index is 1.82. The molecule has 2 rings (SSSR count). The quantitative estimate of drug-likeness (QED) is 0.759. The molecule has 1 fully saturated rings. The minimum absolute atomic E-state index is 0.0213. The van der Waals surface area contributed by atoms with E-state index in [1.54, 1.807) is 11.9 Å². The first kappa shape index (κ1) is 15.8. The molecular weight excluding hydrogens is 290 g/mol. The highest BCUT2D eigenvalue weighted by molar-refractivity contribution is 6.31. The zero-order valence-electron chi connectivity index (χ0n) is 12.3. The van der Waals surface area contributed by atoms with Crippen molar-refractivity contribution < 1.29 is 14.3 Å². The Morgan fingerprint density at radius 2 is 2.10 bits per heavy atom. The number of carbonyl (C=O) groups is 2. The second-order valence-corrected chi connectivity index (χ2v) is 5.82. The SMILES string of the molecule is COC(=O)CCCN(C)C(=O)C1CC1c1ccccc1Cl. The number of rotatable bonds is 6. The summed E-state index contributed by atoms with van der Waals surface area (Å²) in [6.07, 6.45) is 1.81. The highest BCUT2D eigenvalue weighted by Crippen LogP contribution is 2.50. The molecule has 0 N–H and O–H groups in total. The molecule has 114 valence electrons. The van der Waals surface area contributed by atoms with Gasteiger partial charge in [-0.25, -0.2) is 0 Å². The number of hydrogen-bond acceptors (Lipinski definition) is 3. The highest BCUT2D eigenvalue weighted by Gasteiger charge is 2.45. The van der Waals surface area contributed by atoms with Crippen molar-refractivity contribution in [3.63, 3.8) is 0 Å². The Hall–Kier alpha value is -1.55. The Morgan fingerprint density at radius 1 is 1.38 bits per heavy atom. The molecular formula is C16H20ClNO3. The van der Waals surface area contributed by atoms with Crippen molar-refractivity contribution in [2.45, 2.75) is 25.2 Å². The van der Waals surface area contributed by atoms with Gasteiger partial charge in [0, 0.05) is 31.0 Å². The molecule has 2 atom stereocenters. The molecule has 1 saturated carbocycles. The van der Waals surface area contributed by atoms with Crippen LogP contribution in [0.25, 0.3) is 0 Å². The number of hydrogen-bond donors (Lipinski definition) is 0. The molecule has 5 heteroatoms. The smallest absolute Gasteiger partial charge is 0.305 e. The molecule has 0 heterocycles. The van der Waals surface area contributed by atoms with E-state index in [0.717, 1.165) is 17.0 Å². The molecule has 1 aromatic carbocycles. The Kier molecular flexibility index (Phi) is 5.23. The zero-order chi connectivity index (χ0) is 15.4. The second kappa shape index (κ2) is 6.94. The van der Waals surface area contributed by atoms with Gasteiger partial charge in [0.1, 0.15) is 0 Å². The van der Waals surface area contributed by atoms with E-state index >= 15 is 0 Å². The van der Waals surface area contributed by atoms with Crippen molar-refractivity contribution in [2.24, 2.45) is 5.92 Å². The van der Waals surface area contributed by atoms with Crippen molar-refractivity contribution in [3.05, 3.63) is 34.9 Å². The lowest BCUT2D eigenvalue weighted by Gasteiger charge is -2.17. The lowest BCUT2D eigenvalue weighted by atomic mass is 10.1. The van der Waals surface area contributed by atoms with E-state index in [1.165, 1.54) is 7.11 Å². The molecule has 1 aliphatic rings. The van der Waals surface area contributed by atoms with E-state index < -0.39 is 0 Å². The minimum Gasteiger partial charge on any atom is -0.469 e. The van der Waals surface area contributed by atoms with Crippen molar-refractivity contribution in [2.75, 3.05) is 20.7 Å². The van der Waals surface area contributed by atoms with Gasteiger partial charge in [0.2, 0.25) is 5.91 Å². The summed E-state index contributed by atoms with van der Waals surface area (Å²) in [5.74, 6) is 0.142. The highest BCUT2D eigenvalue weighted by atomic mass is 35.5. The number of carbonyl (C=O) groups excluding carboxylic acids is 2. The van der Waals surface area contributed by atoms with E-state index in [4.69, 9.17) is 11.6 Å². The van der Waals surface area contributed by atoms with Gasteiger partial charge >= 0.3 is 5.97 Å². The van der Waals surface area contributed by atoms with Gasteiger partial charge in [0.25, 0.3) is 0 Å². The lowest BCUT2D eigenvalue weighted by Crippen LogP contribution is -2.29. The first-order valence-electron chi connectivity index (χ1n) is 7.10. The average Bonchev–Trinajstić information content (AvgIpc) is 3.26. The van der Waals surface area contributed by atoms with Gasteiger partial charge in [-0.15, -0.1) is 0 Å². The fraction of sp³-hybridized carbons (Fsp3) is 0.500. The fourth-order valence-electron chi connectivity index (χ4n) is 2.54. The van der Waals surface area contributed by atoms with E-state index in [-0.39, 0.29) is 23.7 Å². The summed E-state index contributed by atoms with van der Waals surface area (Å²) in [5, 5.41) is 0.728. The summed E-state index contributed by atoms with van der Waals surface area (Å²) >= 11 is 6.17. The van der Waals surface area contributed by atoms with Crippen LogP contribution in [0.5, 0.6) is 0 Å². The number of amides is 1. The maximum Gasteiger partial charge on any atom is 0.305 e. The van der Waals surface area contributed by atoms with Crippen molar-refractivity contribution >= 4 is 23.5 Å². The van der Waals surface area contributed by atoms with E-state index in [9.17, 15) is 9.59 Å². The fourth-order valence-corrected chi connectivity index (χ4v) is 2.82. The van der Waals surface area contributed by atoms with Gasteiger partial charge in [-0.2, -0.15) is 0 Å². The van der Waals surface area contributed by atoms with Crippen molar-refractivity contribution in [3.8, 4) is 0 Å². The Labute approximate surface area is 130 Å². The molecule has 0 aliphatic heterocycles. The van der Waals surface area contributed by atoms with Crippen LogP contribution < -0.4 is 0 Å². The van der Waals surface area contributed by atoms with Crippen LogP contribution in [0.15, 0.2) is 24.3 Å². The first-order valence-corrected chi connectivity index (χ1v) is 7.48. The van der Waals surface area contributed by atoms with Crippen LogP contribution in [0.4, 0.5) is 0 Å². The van der Waals surface area contributed by atoms with Gasteiger partial charge in [0.15, 0.2) is 0 Å². The Bertz CT molecular complexity index is 532. The van der Waals surface area contributed by atoms with Crippen LogP contribution in [0, 0.1) is 5.92 Å². The van der Waals surface area contributed by atoms with Crippen LogP contribution >= 0.6 is 11.6 Å². The van der Waals surface area contributed by atoms with Gasteiger partial charge in [-0.05, 0) is 30.4 Å². The van der Waals surface area contributed by atoms with Crippen LogP contribution in [-0.2, 0) is 14.3 Å². The third kappa shape index (κ3) is 3.97. The first-order chi connectivity index (χ1) is 10.0. The maximum absolute atomic E-state index is 12.3. The third-order valence-corrected chi connectivity index (χ3v) is 4.23. The molecule has 1 aliphatic carbocycles. The van der Waals surface area contributed by atoms with Gasteiger partial charge in [-0.1, -0.05) is 29.8 Å². The van der Waals surface area contributed by atoms with Crippen LogP contribution in [0.2, 0.25) is 5.02 Å². The number of benzene rings is 1. The summed E-state index contributed by atoms with van der Waals surface area (Å²) in [6.45, 7) is 0.569. The number of esters is 1. The largest absolute Gasteiger partial charge is 0.469 e. The Morgan fingerprint density at radius 3 is 2.76 bits per heavy atom. The summed E-state index contributed by atoms with van der Waals surface area (Å²) in [5.41, 5.74) is 1.06. The molecule has 0 spiro atoms. The number of nitrogens with zero attached hydrogens (tertiary/aromatic N) is 1. The van der Waals surface area contributed by atoms with Gasteiger partial charge in [-0.3, -0.25) is 9.59 Å². The minimum atomic E-state index is -0.240. The number of ether oxygens (including phenoxy) is 1. The molecule has 0 saturated heterocycles. The summed E-state index contributed by atoms with van der Waals surface area (Å²) in [7, 11) is 3.15. The molecule has 4 nitrogen and oxygen atoms in total. The normalized spacial score (nSPS) is 20.0. The molecule has 0 radical (unpaired) electrons. The zero-order valence-corrected chi connectivity index (χ0v) is 13.1. The van der Waals surface area contributed by atoms with Crippen LogP contribution in [0.3, 0.4) is 0 Å². The molecule has 2 unspecified atom stereocenters. The molecule has 0 bridgehead atoms. The third-order valence-electron chi connectivity index (χ3n) is 3.89. The lowest BCUT2D eigenvalue weighted by molar-refractivity contribution is -0.141. The van der Waals surface area contributed by atoms with Crippen LogP contribution in [-0.4, -0.2) is 37.5 Å². The van der Waals surface area contributed by atoms with Crippen molar-refractivity contribution in [1.29, 1.82) is 0 Å². The standard InChI is InChI=1S/C16H20ClNO3/c1-18(9-5-8-15(19)21-2)16(20)13-10-12(13)11-6-3-4-7-14(11)17/h3-4,6-7,12-13H,5,8-10H2,1-2H3. The average molecular weight is 310 g/mol. The van der Waals surface area contributed by atoms with Gasteiger partial charge in [0.05, 0.1) is 7.11 Å².